The first-order chi connectivity index (χ1) is 31.1. The van der Waals surface area contributed by atoms with E-state index in [4.69, 9.17) is 10.5 Å². The van der Waals surface area contributed by atoms with Gasteiger partial charge in [0, 0.05) is 55.3 Å². The van der Waals surface area contributed by atoms with Gasteiger partial charge in [-0.3, -0.25) is 34.2 Å². The van der Waals surface area contributed by atoms with Gasteiger partial charge in [0.1, 0.15) is 23.4 Å². The molecule has 4 heterocycles. The Morgan fingerprint density at radius 1 is 0.923 bits per heavy atom. The van der Waals surface area contributed by atoms with Gasteiger partial charge in [0.15, 0.2) is 0 Å². The molecule has 2 atom stereocenters. The van der Waals surface area contributed by atoms with E-state index in [0.29, 0.717) is 60.2 Å². The Morgan fingerprint density at radius 2 is 1.63 bits per heavy atom. The second-order valence-electron chi connectivity index (χ2n) is 17.3. The molecule has 17 heteroatoms. The Hall–Kier alpha value is -6.26. The van der Waals surface area contributed by atoms with Crippen LogP contribution in [0.5, 0.6) is 5.75 Å². The first-order valence-electron chi connectivity index (χ1n) is 22.6. The Morgan fingerprint density at radius 3 is 2.32 bits per heavy atom. The maximum atomic E-state index is 13.6. The van der Waals surface area contributed by atoms with Crippen LogP contribution in [0.2, 0.25) is 0 Å². The van der Waals surface area contributed by atoms with Gasteiger partial charge in [-0.15, -0.1) is 0 Å². The number of alkyl halides is 3. The number of amides is 5. The summed E-state index contributed by atoms with van der Waals surface area (Å²) < 4.78 is 46.5. The van der Waals surface area contributed by atoms with Crippen molar-refractivity contribution in [2.45, 2.75) is 121 Å². The average molecular weight is 899 g/mol. The number of hydrogen-bond donors (Lipinski definition) is 4. The smallest absolute Gasteiger partial charge is 0.416 e. The number of aromatic nitrogens is 2. The van der Waals surface area contributed by atoms with E-state index in [1.54, 1.807) is 39.2 Å². The number of nitrogens with one attached hydrogen (secondary N) is 3. The molecule has 2 saturated heterocycles. The number of piperidine rings is 2. The lowest BCUT2D eigenvalue weighted by atomic mass is 9.87. The molecule has 7 rings (SSSR count). The lowest BCUT2D eigenvalue weighted by Crippen LogP contribution is -2.54. The molecule has 0 spiro atoms. The second-order valence-corrected chi connectivity index (χ2v) is 17.3. The number of nitrogen functional groups attached to an aromatic ring is 1. The van der Waals surface area contributed by atoms with Crippen LogP contribution in [-0.4, -0.2) is 82.1 Å². The number of benzene rings is 3. The fourth-order valence-electron chi connectivity index (χ4n) is 9.22. The number of carbonyl (C=O) groups is 5. The highest BCUT2D eigenvalue weighted by Crippen LogP contribution is 2.40. The van der Waals surface area contributed by atoms with Gasteiger partial charge >= 0.3 is 6.18 Å². The normalized spacial score (nSPS) is 17.4. The number of aryl methyl sites for hydroxylation is 1. The van der Waals surface area contributed by atoms with Crippen molar-refractivity contribution in [3.63, 3.8) is 0 Å². The molecule has 5 N–H and O–H groups in total. The van der Waals surface area contributed by atoms with E-state index >= 15 is 0 Å². The number of nitrogens with two attached hydrogens (primary N) is 1. The van der Waals surface area contributed by atoms with E-state index < -0.39 is 47.5 Å². The topological polar surface area (TPSA) is 189 Å². The summed E-state index contributed by atoms with van der Waals surface area (Å²) in [7, 11) is 1.62. The molecule has 5 amide bonds. The van der Waals surface area contributed by atoms with Crippen LogP contribution in [0.25, 0.3) is 10.9 Å². The first kappa shape index (κ1) is 46.7. The Bertz CT molecular complexity index is 2450. The first-order valence-corrected chi connectivity index (χ1v) is 22.6. The Labute approximate surface area is 376 Å². The third-order valence-electron chi connectivity index (χ3n) is 12.7. The molecule has 4 aromatic rings. The largest absolute Gasteiger partial charge is 0.496 e. The second kappa shape index (κ2) is 20.3. The lowest BCUT2D eigenvalue weighted by Gasteiger charge is -2.33. The summed E-state index contributed by atoms with van der Waals surface area (Å²) in [5.41, 5.74) is 8.16. The molecule has 0 saturated carbocycles. The van der Waals surface area contributed by atoms with Crippen LogP contribution in [-0.2, 0) is 20.6 Å². The minimum atomic E-state index is -4.53. The monoisotopic (exact) mass is 898 g/mol. The molecular weight excluding hydrogens is 842 g/mol. The molecule has 1 unspecified atom stereocenters. The number of nitrogens with zero attached hydrogens (tertiary/aromatic N) is 4. The molecule has 0 radical (unpaired) electrons. The number of likely N-dealkylation sites (tertiary alicyclic amines) is 1. The van der Waals surface area contributed by atoms with E-state index in [1.807, 2.05) is 17.0 Å². The van der Waals surface area contributed by atoms with Crippen molar-refractivity contribution in [3.05, 3.63) is 82.2 Å². The summed E-state index contributed by atoms with van der Waals surface area (Å²) in [5, 5.41) is 9.56. The molecule has 346 valence electrons. The number of hydrogen-bond acceptors (Lipinski definition) is 11. The number of methoxy groups -OCH3 is 1. The quantitative estimate of drug-likeness (QED) is 0.0426. The van der Waals surface area contributed by atoms with Crippen LogP contribution in [0, 0.1) is 6.92 Å². The molecule has 3 aliphatic heterocycles. The van der Waals surface area contributed by atoms with Crippen LogP contribution in [0.1, 0.15) is 146 Å². The number of unbranched alkanes of at least 4 members (excludes halogenated alkanes) is 7. The van der Waals surface area contributed by atoms with Crippen LogP contribution in [0.15, 0.2) is 48.5 Å². The van der Waals surface area contributed by atoms with Crippen LogP contribution >= 0.6 is 0 Å². The van der Waals surface area contributed by atoms with Gasteiger partial charge in [-0.25, -0.2) is 9.97 Å². The van der Waals surface area contributed by atoms with E-state index in [2.05, 4.69) is 25.9 Å². The summed E-state index contributed by atoms with van der Waals surface area (Å²) >= 11 is 0. The highest BCUT2D eigenvalue weighted by molar-refractivity contribution is 6.25. The van der Waals surface area contributed by atoms with Gasteiger partial charge in [-0.1, -0.05) is 44.6 Å². The zero-order chi connectivity index (χ0) is 46.4. The number of anilines is 3. The van der Waals surface area contributed by atoms with Crippen molar-refractivity contribution < 1.29 is 41.9 Å². The molecule has 65 heavy (non-hydrogen) atoms. The Balaban J connectivity index is 0.813. The van der Waals surface area contributed by atoms with Crippen molar-refractivity contribution in [1.29, 1.82) is 0 Å². The number of imide groups is 2. The molecule has 3 aromatic carbocycles. The van der Waals surface area contributed by atoms with Crippen molar-refractivity contribution in [3.8, 4) is 5.75 Å². The number of halogens is 3. The standard InChI is InChI=1S/C48H57F3N8O6/c1-28(31-23-32(48(49,50)51)25-33(52)24-31)54-44-36-26-35(40(65-3)27-38(36)55-29(2)56-44)30-18-21-58(22-19-30)42(61)15-10-8-6-4-5-7-9-11-20-53-37-14-12-13-34-43(37)47(64)59(46(34)63)39-16-17-41(60)57-45(39)62/h12-14,23-28,30,39,53H,4-11,15-22,52H2,1-3H3,(H,54,55,56)(H,57,60,62)/t28-,39?/m1/s1. The summed E-state index contributed by atoms with van der Waals surface area (Å²) in [6, 6.07) is 10.9. The van der Waals surface area contributed by atoms with Crippen LogP contribution < -0.4 is 26.4 Å². The number of rotatable bonds is 18. The van der Waals surface area contributed by atoms with Gasteiger partial charge in [0.05, 0.1) is 35.4 Å². The zero-order valence-electron chi connectivity index (χ0n) is 37.1. The third-order valence-corrected chi connectivity index (χ3v) is 12.7. The van der Waals surface area contributed by atoms with Gasteiger partial charge in [0.25, 0.3) is 11.8 Å². The maximum absolute atomic E-state index is 13.6. The SMILES string of the molecule is COc1cc2nc(C)nc(N[C@H](C)c3cc(N)cc(C(F)(F)F)c3)c2cc1C1CCN(C(=O)CCCCCCCCCCNc2cccc3c2C(=O)N(C2CCC(=O)NC2=O)C3=O)CC1. The average Bonchev–Trinajstić information content (AvgIpc) is 3.53. The van der Waals surface area contributed by atoms with Crippen molar-refractivity contribution in [1.82, 2.24) is 25.1 Å². The van der Waals surface area contributed by atoms with E-state index in [9.17, 15) is 37.1 Å². The van der Waals surface area contributed by atoms with Gasteiger partial charge in [-0.05, 0) is 99.4 Å². The number of ether oxygens (including phenoxy) is 1. The van der Waals surface area contributed by atoms with Crippen molar-refractivity contribution in [2.24, 2.45) is 0 Å². The fourth-order valence-corrected chi connectivity index (χ4v) is 9.22. The predicted octanol–water partition coefficient (Wildman–Crippen LogP) is 8.45. The van der Waals surface area contributed by atoms with Crippen LogP contribution in [0.4, 0.5) is 30.4 Å². The minimum Gasteiger partial charge on any atom is -0.496 e. The van der Waals surface area contributed by atoms with Gasteiger partial charge in [0.2, 0.25) is 17.7 Å². The fraction of sp³-hybridized carbons (Fsp3) is 0.479. The van der Waals surface area contributed by atoms with E-state index in [0.717, 1.165) is 92.2 Å². The summed E-state index contributed by atoms with van der Waals surface area (Å²) in [5.74, 6) is -0.115. The Kier molecular flexibility index (Phi) is 14.6. The van der Waals surface area contributed by atoms with Crippen LogP contribution in [0.3, 0.4) is 0 Å². The predicted molar refractivity (Wildman–Crippen MR) is 240 cm³/mol. The molecule has 0 bridgehead atoms. The van der Waals surface area contributed by atoms with E-state index in [-0.39, 0.29) is 41.5 Å². The number of fused-ring (bicyclic) bond motifs is 2. The molecule has 3 aliphatic rings. The molecule has 1 aromatic heterocycles. The molecule has 2 fully saturated rings. The summed E-state index contributed by atoms with van der Waals surface area (Å²) in [4.78, 5) is 75.8. The highest BCUT2D eigenvalue weighted by Gasteiger charge is 2.45. The number of carbonyl (C=O) groups excluding carboxylic acids is 5. The molecule has 0 aliphatic carbocycles. The summed E-state index contributed by atoms with van der Waals surface area (Å²) in [6.45, 7) is 5.41. The highest BCUT2D eigenvalue weighted by atomic mass is 19.4. The minimum absolute atomic E-state index is 0.0237. The van der Waals surface area contributed by atoms with Crippen molar-refractivity contribution >= 4 is 57.6 Å². The maximum Gasteiger partial charge on any atom is 0.416 e. The van der Waals surface area contributed by atoms with Gasteiger partial charge in [-0.2, -0.15) is 13.2 Å². The summed E-state index contributed by atoms with van der Waals surface area (Å²) in [6.07, 6.45) is 5.67. The lowest BCUT2D eigenvalue weighted by molar-refractivity contribution is -0.138. The van der Waals surface area contributed by atoms with E-state index in [1.165, 1.54) is 6.07 Å². The molecule has 14 nitrogen and oxygen atoms in total. The van der Waals surface area contributed by atoms with Gasteiger partial charge < -0.3 is 26.0 Å². The molecular formula is C48H57F3N8O6. The zero-order valence-corrected chi connectivity index (χ0v) is 37.1. The van der Waals surface area contributed by atoms with Crippen molar-refractivity contribution in [2.75, 3.05) is 43.1 Å². The third kappa shape index (κ3) is 10.8.